The third-order valence-electron chi connectivity index (χ3n) is 6.04. The van der Waals surface area contributed by atoms with E-state index in [4.69, 9.17) is 0 Å². The smallest absolute Gasteiger partial charge is 0.293 e. The Morgan fingerprint density at radius 2 is 2.10 bits per heavy atom. The average molecular weight is 409 g/mol. The lowest BCUT2D eigenvalue weighted by Gasteiger charge is -2.25. The van der Waals surface area contributed by atoms with Crippen molar-refractivity contribution in [1.29, 1.82) is 0 Å². The maximum Gasteiger partial charge on any atom is 0.293 e. The van der Waals surface area contributed by atoms with Crippen LogP contribution in [0.1, 0.15) is 28.9 Å². The Morgan fingerprint density at radius 1 is 1.23 bits per heavy atom. The second-order valence-corrected chi connectivity index (χ2v) is 8.14. The van der Waals surface area contributed by atoms with Crippen LogP contribution in [0.5, 0.6) is 0 Å². The Hall–Kier alpha value is -3.07. The SMILES string of the molecule is CCn1cc(CN2C[C@H]3Cc4nnc(C(=O)Nc5cccc(F)c5)n4C[C@@H]3C2)cn1. The Bertz CT molecular complexity index is 1080. The molecule has 0 radical (unpaired) electrons. The van der Waals surface area contributed by atoms with E-state index in [1.54, 1.807) is 12.1 Å². The van der Waals surface area contributed by atoms with Gasteiger partial charge < -0.3 is 9.88 Å². The highest BCUT2D eigenvalue weighted by Crippen LogP contribution is 2.33. The molecule has 2 aliphatic heterocycles. The number of aromatic nitrogens is 5. The van der Waals surface area contributed by atoms with E-state index in [2.05, 4.69) is 38.6 Å². The number of likely N-dealkylation sites (tertiary alicyclic amines) is 1. The number of nitrogens with one attached hydrogen (secondary N) is 1. The molecular formula is C21H24FN7O. The summed E-state index contributed by atoms with van der Waals surface area (Å²) in [6.07, 6.45) is 4.86. The first-order valence-corrected chi connectivity index (χ1v) is 10.3. The molecule has 0 bridgehead atoms. The first-order valence-electron chi connectivity index (χ1n) is 10.3. The van der Waals surface area contributed by atoms with Crippen LogP contribution in [0, 0.1) is 17.7 Å². The fraction of sp³-hybridized carbons (Fsp3) is 0.429. The number of rotatable bonds is 5. The van der Waals surface area contributed by atoms with Crippen molar-refractivity contribution in [3.63, 3.8) is 0 Å². The summed E-state index contributed by atoms with van der Waals surface area (Å²) in [5.41, 5.74) is 1.63. The summed E-state index contributed by atoms with van der Waals surface area (Å²) in [5.74, 6) is 1.35. The molecule has 0 spiro atoms. The first-order chi connectivity index (χ1) is 14.6. The van der Waals surface area contributed by atoms with Crippen LogP contribution in [0.15, 0.2) is 36.7 Å². The van der Waals surface area contributed by atoms with Crippen molar-refractivity contribution in [1.82, 2.24) is 29.4 Å². The van der Waals surface area contributed by atoms with Crippen LogP contribution >= 0.6 is 0 Å². The first kappa shape index (κ1) is 18.9. The van der Waals surface area contributed by atoms with E-state index in [1.807, 2.05) is 15.4 Å². The molecule has 156 valence electrons. The number of hydrogen-bond donors (Lipinski definition) is 1. The van der Waals surface area contributed by atoms with Gasteiger partial charge in [-0.25, -0.2) is 4.39 Å². The van der Waals surface area contributed by atoms with Crippen LogP contribution in [-0.2, 0) is 26.1 Å². The molecule has 3 aromatic rings. The van der Waals surface area contributed by atoms with Gasteiger partial charge in [-0.3, -0.25) is 14.4 Å². The number of aryl methyl sites for hydroxylation is 1. The molecule has 1 amide bonds. The predicted octanol–water partition coefficient (Wildman–Crippen LogP) is 2.19. The van der Waals surface area contributed by atoms with Gasteiger partial charge in [0.15, 0.2) is 0 Å². The summed E-state index contributed by atoms with van der Waals surface area (Å²) >= 11 is 0. The van der Waals surface area contributed by atoms with E-state index in [1.165, 1.54) is 17.7 Å². The van der Waals surface area contributed by atoms with E-state index in [0.717, 1.165) is 45.0 Å². The van der Waals surface area contributed by atoms with Crippen molar-refractivity contribution >= 4 is 11.6 Å². The van der Waals surface area contributed by atoms with Crippen molar-refractivity contribution in [2.75, 3.05) is 18.4 Å². The van der Waals surface area contributed by atoms with Gasteiger partial charge in [0.2, 0.25) is 5.82 Å². The standard InChI is InChI=1S/C21H24FN7O/c1-2-28-10-14(8-23-28)9-27-11-15-6-19-25-26-20(29(19)13-16(15)12-27)21(30)24-18-5-3-4-17(22)7-18/h3-5,7-8,10,15-16H,2,6,9,11-13H2,1H3,(H,24,30)/t15-,16+/m1/s1. The molecule has 2 atom stereocenters. The lowest BCUT2D eigenvalue weighted by molar-refractivity contribution is 0.100. The number of halogens is 1. The normalized spacial score (nSPS) is 20.7. The fourth-order valence-corrected chi connectivity index (χ4v) is 4.59. The minimum absolute atomic E-state index is 0.287. The summed E-state index contributed by atoms with van der Waals surface area (Å²) < 4.78 is 17.3. The molecule has 2 aromatic heterocycles. The maximum absolute atomic E-state index is 13.4. The van der Waals surface area contributed by atoms with E-state index >= 15 is 0 Å². The average Bonchev–Trinajstić information content (AvgIpc) is 3.43. The summed E-state index contributed by atoms with van der Waals surface area (Å²) in [7, 11) is 0. The van der Waals surface area contributed by atoms with Crippen LogP contribution in [0.2, 0.25) is 0 Å². The number of amides is 1. The molecule has 4 heterocycles. The minimum atomic E-state index is -0.394. The molecule has 9 heteroatoms. The van der Waals surface area contributed by atoms with Gasteiger partial charge in [-0.05, 0) is 37.0 Å². The van der Waals surface area contributed by atoms with E-state index in [-0.39, 0.29) is 11.7 Å². The molecule has 30 heavy (non-hydrogen) atoms. The quantitative estimate of drug-likeness (QED) is 0.699. The number of anilines is 1. The molecule has 0 aliphatic carbocycles. The Kier molecular flexibility index (Phi) is 4.82. The van der Waals surface area contributed by atoms with Gasteiger partial charge >= 0.3 is 0 Å². The highest BCUT2D eigenvalue weighted by atomic mass is 19.1. The zero-order valence-electron chi connectivity index (χ0n) is 16.8. The van der Waals surface area contributed by atoms with Crippen LogP contribution in [0.3, 0.4) is 0 Å². The van der Waals surface area contributed by atoms with Gasteiger partial charge in [0.05, 0.1) is 6.20 Å². The third kappa shape index (κ3) is 3.60. The topological polar surface area (TPSA) is 80.9 Å². The molecule has 1 N–H and O–H groups in total. The van der Waals surface area contributed by atoms with Crippen LogP contribution in [0.25, 0.3) is 0 Å². The minimum Gasteiger partial charge on any atom is -0.319 e. The van der Waals surface area contributed by atoms with Crippen LogP contribution in [-0.4, -0.2) is 48.4 Å². The summed E-state index contributed by atoms with van der Waals surface area (Å²) in [6, 6.07) is 5.84. The number of fused-ring (bicyclic) bond motifs is 2. The predicted molar refractivity (Wildman–Crippen MR) is 108 cm³/mol. The van der Waals surface area contributed by atoms with Crippen molar-refractivity contribution in [2.45, 2.75) is 33.0 Å². The molecule has 8 nitrogen and oxygen atoms in total. The number of hydrogen-bond acceptors (Lipinski definition) is 5. The Balaban J connectivity index is 1.27. The van der Waals surface area contributed by atoms with Crippen molar-refractivity contribution in [2.24, 2.45) is 11.8 Å². The molecule has 0 unspecified atom stereocenters. The van der Waals surface area contributed by atoms with Crippen molar-refractivity contribution < 1.29 is 9.18 Å². The van der Waals surface area contributed by atoms with E-state index in [0.29, 0.717) is 17.5 Å². The third-order valence-corrected chi connectivity index (χ3v) is 6.04. The maximum atomic E-state index is 13.4. The summed E-state index contributed by atoms with van der Waals surface area (Å²) in [5, 5.41) is 15.5. The second kappa shape index (κ2) is 7.64. The second-order valence-electron chi connectivity index (χ2n) is 8.14. The largest absolute Gasteiger partial charge is 0.319 e. The number of nitrogens with zero attached hydrogens (tertiary/aromatic N) is 6. The molecular weight excluding hydrogens is 385 g/mol. The summed E-state index contributed by atoms with van der Waals surface area (Å²) in [4.78, 5) is 15.2. The number of benzene rings is 1. The van der Waals surface area contributed by atoms with Gasteiger partial charge in [0, 0.05) is 56.6 Å². The van der Waals surface area contributed by atoms with Gasteiger partial charge in [0.1, 0.15) is 11.6 Å². The number of carbonyl (C=O) groups is 1. The highest BCUT2D eigenvalue weighted by Gasteiger charge is 2.39. The molecule has 2 aliphatic rings. The summed E-state index contributed by atoms with van der Waals surface area (Å²) in [6.45, 7) is 6.56. The van der Waals surface area contributed by atoms with Crippen molar-refractivity contribution in [3.8, 4) is 0 Å². The zero-order valence-corrected chi connectivity index (χ0v) is 16.8. The van der Waals surface area contributed by atoms with E-state index < -0.39 is 5.82 Å². The fourth-order valence-electron chi connectivity index (χ4n) is 4.59. The van der Waals surface area contributed by atoms with Crippen LogP contribution in [0.4, 0.5) is 10.1 Å². The van der Waals surface area contributed by atoms with Gasteiger partial charge in [-0.1, -0.05) is 6.07 Å². The molecule has 0 saturated carbocycles. The highest BCUT2D eigenvalue weighted by molar-refractivity contribution is 6.01. The molecule has 1 aromatic carbocycles. The molecule has 5 rings (SSSR count). The molecule has 1 fully saturated rings. The zero-order chi connectivity index (χ0) is 20.7. The van der Waals surface area contributed by atoms with Crippen LogP contribution < -0.4 is 5.32 Å². The monoisotopic (exact) mass is 409 g/mol. The number of carbonyl (C=O) groups excluding carboxylic acids is 1. The van der Waals surface area contributed by atoms with Gasteiger partial charge in [0.25, 0.3) is 5.91 Å². The lowest BCUT2D eigenvalue weighted by atomic mass is 9.89. The molecule has 1 saturated heterocycles. The van der Waals surface area contributed by atoms with E-state index in [9.17, 15) is 9.18 Å². The van der Waals surface area contributed by atoms with Gasteiger partial charge in [-0.15, -0.1) is 10.2 Å². The van der Waals surface area contributed by atoms with Gasteiger partial charge in [-0.2, -0.15) is 5.10 Å². The lowest BCUT2D eigenvalue weighted by Crippen LogP contribution is -2.31. The Morgan fingerprint density at radius 3 is 2.90 bits per heavy atom. The Labute approximate surface area is 173 Å². The van der Waals surface area contributed by atoms with Crippen molar-refractivity contribution in [3.05, 3.63) is 59.7 Å².